The lowest BCUT2D eigenvalue weighted by molar-refractivity contribution is 0.0341. The van der Waals surface area contributed by atoms with Crippen LogP contribution in [0.25, 0.3) is 0 Å². The maximum absolute atomic E-state index is 5.42. The van der Waals surface area contributed by atoms with E-state index in [2.05, 4.69) is 48.3 Å². The molecule has 3 nitrogen and oxygen atoms in total. The minimum atomic E-state index is 0.721. The van der Waals surface area contributed by atoms with E-state index >= 15 is 0 Å². The SMILES string of the molecule is CC(C)CNCCc1ccccc1CN1CCOCC1. The lowest BCUT2D eigenvalue weighted by Gasteiger charge is -2.27. The van der Waals surface area contributed by atoms with E-state index in [4.69, 9.17) is 4.74 Å². The first-order valence-corrected chi connectivity index (χ1v) is 7.83. The summed E-state index contributed by atoms with van der Waals surface area (Å²) in [5.74, 6) is 0.721. The summed E-state index contributed by atoms with van der Waals surface area (Å²) >= 11 is 0. The second-order valence-corrected chi connectivity index (χ2v) is 6.01. The molecule has 1 aromatic rings. The molecule has 1 aliphatic rings. The van der Waals surface area contributed by atoms with E-state index in [1.54, 1.807) is 0 Å². The Morgan fingerprint density at radius 2 is 1.85 bits per heavy atom. The van der Waals surface area contributed by atoms with E-state index in [9.17, 15) is 0 Å². The van der Waals surface area contributed by atoms with Crippen LogP contribution in [-0.2, 0) is 17.7 Å². The van der Waals surface area contributed by atoms with Crippen LogP contribution in [0, 0.1) is 5.92 Å². The quantitative estimate of drug-likeness (QED) is 0.774. The molecule has 2 rings (SSSR count). The first-order valence-electron chi connectivity index (χ1n) is 7.83. The van der Waals surface area contributed by atoms with Gasteiger partial charge in [0.05, 0.1) is 13.2 Å². The summed E-state index contributed by atoms with van der Waals surface area (Å²) in [6.07, 6.45) is 1.12. The molecule has 20 heavy (non-hydrogen) atoms. The van der Waals surface area contributed by atoms with Gasteiger partial charge in [0.25, 0.3) is 0 Å². The fourth-order valence-electron chi connectivity index (χ4n) is 2.57. The molecule has 3 heteroatoms. The van der Waals surface area contributed by atoms with Crippen LogP contribution >= 0.6 is 0 Å². The van der Waals surface area contributed by atoms with Crippen LogP contribution in [0.15, 0.2) is 24.3 Å². The van der Waals surface area contributed by atoms with E-state index in [0.29, 0.717) is 0 Å². The number of nitrogens with zero attached hydrogens (tertiary/aromatic N) is 1. The highest BCUT2D eigenvalue weighted by Crippen LogP contribution is 2.13. The van der Waals surface area contributed by atoms with Gasteiger partial charge in [-0.05, 0) is 36.6 Å². The standard InChI is InChI=1S/C17H28N2O/c1-15(2)13-18-8-7-16-5-3-4-6-17(16)14-19-9-11-20-12-10-19/h3-6,15,18H,7-14H2,1-2H3. The first kappa shape index (κ1) is 15.5. The van der Waals surface area contributed by atoms with Gasteiger partial charge in [-0.25, -0.2) is 0 Å². The van der Waals surface area contributed by atoms with E-state index < -0.39 is 0 Å². The number of nitrogens with one attached hydrogen (secondary N) is 1. The fraction of sp³-hybridized carbons (Fsp3) is 0.647. The molecule has 1 heterocycles. The van der Waals surface area contributed by atoms with Crippen LogP contribution in [0.5, 0.6) is 0 Å². The van der Waals surface area contributed by atoms with Crippen LogP contribution in [-0.4, -0.2) is 44.3 Å². The summed E-state index contributed by atoms with van der Waals surface area (Å²) in [5, 5.41) is 3.53. The van der Waals surface area contributed by atoms with Gasteiger partial charge < -0.3 is 10.1 Å². The molecule has 0 amide bonds. The van der Waals surface area contributed by atoms with E-state index in [1.807, 2.05) is 0 Å². The second kappa shape index (κ2) is 8.40. The minimum Gasteiger partial charge on any atom is -0.379 e. The van der Waals surface area contributed by atoms with Crippen molar-refractivity contribution in [3.63, 3.8) is 0 Å². The third-order valence-electron chi connectivity index (χ3n) is 3.74. The van der Waals surface area contributed by atoms with Crippen molar-refractivity contribution >= 4 is 0 Å². The van der Waals surface area contributed by atoms with Crippen molar-refractivity contribution in [1.29, 1.82) is 0 Å². The number of hydrogen-bond acceptors (Lipinski definition) is 3. The van der Waals surface area contributed by atoms with Crippen LogP contribution in [0.2, 0.25) is 0 Å². The molecule has 0 radical (unpaired) electrons. The van der Waals surface area contributed by atoms with Gasteiger partial charge in [-0.15, -0.1) is 0 Å². The zero-order chi connectivity index (χ0) is 14.2. The Morgan fingerprint density at radius 1 is 1.15 bits per heavy atom. The van der Waals surface area contributed by atoms with Crippen LogP contribution in [0.1, 0.15) is 25.0 Å². The molecule has 0 unspecified atom stereocenters. The van der Waals surface area contributed by atoms with Gasteiger partial charge >= 0.3 is 0 Å². The van der Waals surface area contributed by atoms with E-state index in [-0.39, 0.29) is 0 Å². The van der Waals surface area contributed by atoms with Crippen LogP contribution < -0.4 is 5.32 Å². The summed E-state index contributed by atoms with van der Waals surface area (Å²) < 4.78 is 5.42. The van der Waals surface area contributed by atoms with Gasteiger partial charge in [-0.3, -0.25) is 4.90 Å². The van der Waals surface area contributed by atoms with Crippen LogP contribution in [0.3, 0.4) is 0 Å². The third-order valence-corrected chi connectivity index (χ3v) is 3.74. The van der Waals surface area contributed by atoms with Crippen molar-refractivity contribution in [1.82, 2.24) is 10.2 Å². The Balaban J connectivity index is 1.85. The fourth-order valence-corrected chi connectivity index (χ4v) is 2.57. The molecule has 112 valence electrons. The molecule has 1 saturated heterocycles. The molecule has 0 spiro atoms. The maximum atomic E-state index is 5.42. The molecule has 1 aliphatic heterocycles. The number of morpholine rings is 1. The first-order chi connectivity index (χ1) is 9.75. The Morgan fingerprint density at radius 3 is 2.55 bits per heavy atom. The lowest BCUT2D eigenvalue weighted by Crippen LogP contribution is -2.36. The predicted octanol–water partition coefficient (Wildman–Crippen LogP) is 2.31. The van der Waals surface area contributed by atoms with Crippen molar-refractivity contribution in [2.24, 2.45) is 5.92 Å². The molecular weight excluding hydrogens is 248 g/mol. The number of ether oxygens (including phenoxy) is 1. The molecular formula is C17H28N2O. The molecule has 1 N–H and O–H groups in total. The number of rotatable bonds is 7. The Hall–Kier alpha value is -0.900. The van der Waals surface area contributed by atoms with Gasteiger partial charge in [0.1, 0.15) is 0 Å². The zero-order valence-electron chi connectivity index (χ0n) is 12.9. The average Bonchev–Trinajstić information content (AvgIpc) is 2.46. The predicted molar refractivity (Wildman–Crippen MR) is 83.9 cm³/mol. The summed E-state index contributed by atoms with van der Waals surface area (Å²) in [6, 6.07) is 8.85. The van der Waals surface area contributed by atoms with Gasteiger partial charge in [0.15, 0.2) is 0 Å². The summed E-state index contributed by atoms with van der Waals surface area (Å²) in [4.78, 5) is 2.49. The Kier molecular flexibility index (Phi) is 6.51. The maximum Gasteiger partial charge on any atom is 0.0594 e. The molecule has 0 aliphatic carbocycles. The van der Waals surface area contributed by atoms with Crippen LogP contribution in [0.4, 0.5) is 0 Å². The molecule has 0 aromatic heterocycles. The topological polar surface area (TPSA) is 24.5 Å². The van der Waals surface area contributed by atoms with Crippen molar-refractivity contribution in [3.05, 3.63) is 35.4 Å². The Bertz CT molecular complexity index is 386. The van der Waals surface area contributed by atoms with Crippen molar-refractivity contribution in [3.8, 4) is 0 Å². The summed E-state index contributed by atoms with van der Waals surface area (Å²) in [5.41, 5.74) is 2.95. The highest BCUT2D eigenvalue weighted by atomic mass is 16.5. The monoisotopic (exact) mass is 276 g/mol. The zero-order valence-corrected chi connectivity index (χ0v) is 12.9. The second-order valence-electron chi connectivity index (χ2n) is 6.01. The summed E-state index contributed by atoms with van der Waals surface area (Å²) in [6.45, 7) is 11.6. The van der Waals surface area contributed by atoms with Gasteiger partial charge in [-0.1, -0.05) is 38.1 Å². The molecule has 1 aromatic carbocycles. The number of benzene rings is 1. The number of hydrogen-bond donors (Lipinski definition) is 1. The molecule has 0 saturated carbocycles. The largest absolute Gasteiger partial charge is 0.379 e. The molecule has 0 bridgehead atoms. The average molecular weight is 276 g/mol. The van der Waals surface area contributed by atoms with E-state index in [1.165, 1.54) is 11.1 Å². The lowest BCUT2D eigenvalue weighted by atomic mass is 10.0. The molecule has 1 fully saturated rings. The van der Waals surface area contributed by atoms with Crippen molar-refractivity contribution < 1.29 is 4.74 Å². The van der Waals surface area contributed by atoms with Gasteiger partial charge in [0, 0.05) is 19.6 Å². The highest BCUT2D eigenvalue weighted by Gasteiger charge is 2.12. The third kappa shape index (κ3) is 5.23. The van der Waals surface area contributed by atoms with Crippen molar-refractivity contribution in [2.75, 3.05) is 39.4 Å². The molecule has 0 atom stereocenters. The smallest absolute Gasteiger partial charge is 0.0594 e. The highest BCUT2D eigenvalue weighted by molar-refractivity contribution is 5.27. The van der Waals surface area contributed by atoms with Gasteiger partial charge in [-0.2, -0.15) is 0 Å². The minimum absolute atomic E-state index is 0.721. The van der Waals surface area contributed by atoms with Gasteiger partial charge in [0.2, 0.25) is 0 Å². The Labute approximate surface area is 123 Å². The van der Waals surface area contributed by atoms with E-state index in [0.717, 1.165) is 58.3 Å². The normalized spacial score (nSPS) is 16.8. The van der Waals surface area contributed by atoms with Crippen molar-refractivity contribution in [2.45, 2.75) is 26.8 Å². The summed E-state index contributed by atoms with van der Waals surface area (Å²) in [7, 11) is 0.